The monoisotopic (exact) mass is 230 g/mol. The molecule has 0 atom stereocenters. The van der Waals surface area contributed by atoms with Crippen LogP contribution in [0.1, 0.15) is 24.0 Å². The highest BCUT2D eigenvalue weighted by Gasteiger charge is 2.30. The summed E-state index contributed by atoms with van der Waals surface area (Å²) in [6.45, 7) is 3.04. The molecule has 1 aliphatic carbocycles. The summed E-state index contributed by atoms with van der Waals surface area (Å²) in [7, 11) is 1.97. The van der Waals surface area contributed by atoms with Crippen LogP contribution in [0, 0.1) is 24.2 Å². The van der Waals surface area contributed by atoms with E-state index < -0.39 is 0 Å². The normalized spacial score (nSPS) is 22.6. The molecule has 2 rings (SSSR count). The highest BCUT2D eigenvalue weighted by molar-refractivity contribution is 5.45. The van der Waals surface area contributed by atoms with Gasteiger partial charge in [-0.1, -0.05) is 6.07 Å². The van der Waals surface area contributed by atoms with Crippen molar-refractivity contribution in [3.05, 3.63) is 29.3 Å². The van der Waals surface area contributed by atoms with Crippen molar-refractivity contribution in [1.82, 2.24) is 5.32 Å². The Bertz CT molecular complexity index is 430. The van der Waals surface area contributed by atoms with Crippen LogP contribution in [0.5, 0.6) is 5.75 Å². The van der Waals surface area contributed by atoms with Crippen LogP contribution in [0.3, 0.4) is 0 Å². The van der Waals surface area contributed by atoms with Crippen LogP contribution in [0.2, 0.25) is 0 Å². The van der Waals surface area contributed by atoms with Crippen molar-refractivity contribution in [2.24, 2.45) is 5.92 Å². The van der Waals surface area contributed by atoms with E-state index in [0.29, 0.717) is 5.56 Å². The minimum Gasteiger partial charge on any atom is -0.489 e. The van der Waals surface area contributed by atoms with Crippen LogP contribution in [-0.2, 0) is 0 Å². The third kappa shape index (κ3) is 2.78. The van der Waals surface area contributed by atoms with Crippen molar-refractivity contribution in [2.45, 2.75) is 25.9 Å². The summed E-state index contributed by atoms with van der Waals surface area (Å²) in [5, 5.41) is 12.2. The predicted octanol–water partition coefficient (Wildman–Crippen LogP) is 2.24. The minimum atomic E-state index is 0.281. The Hall–Kier alpha value is -1.53. The van der Waals surface area contributed by atoms with E-state index in [0.717, 1.165) is 36.6 Å². The van der Waals surface area contributed by atoms with Gasteiger partial charge in [-0.3, -0.25) is 0 Å². The fourth-order valence-electron chi connectivity index (χ4n) is 2.24. The molecule has 0 unspecified atom stereocenters. The van der Waals surface area contributed by atoms with Gasteiger partial charge < -0.3 is 10.1 Å². The molecule has 1 aromatic rings. The highest BCUT2D eigenvalue weighted by atomic mass is 16.5. The summed E-state index contributed by atoms with van der Waals surface area (Å²) >= 11 is 0. The molecule has 0 spiro atoms. The molecule has 0 heterocycles. The average Bonchev–Trinajstić information content (AvgIpc) is 2.28. The third-order valence-corrected chi connectivity index (χ3v) is 3.23. The molecule has 0 aromatic heterocycles. The number of benzene rings is 1. The maximum atomic E-state index is 9.04. The van der Waals surface area contributed by atoms with Crippen molar-refractivity contribution in [2.75, 3.05) is 13.6 Å². The van der Waals surface area contributed by atoms with E-state index in [1.54, 1.807) is 0 Å². The second kappa shape index (κ2) is 5.20. The molecular weight excluding hydrogens is 212 g/mol. The van der Waals surface area contributed by atoms with Crippen LogP contribution in [0.15, 0.2) is 18.2 Å². The lowest BCUT2D eigenvalue weighted by Gasteiger charge is -2.35. The lowest BCUT2D eigenvalue weighted by molar-refractivity contribution is 0.0655. The topological polar surface area (TPSA) is 45.0 Å². The van der Waals surface area contributed by atoms with Gasteiger partial charge in [0.2, 0.25) is 0 Å². The van der Waals surface area contributed by atoms with Crippen molar-refractivity contribution < 1.29 is 4.74 Å². The third-order valence-electron chi connectivity index (χ3n) is 3.23. The first-order valence-corrected chi connectivity index (χ1v) is 6.05. The van der Waals surface area contributed by atoms with E-state index in [-0.39, 0.29) is 6.10 Å². The van der Waals surface area contributed by atoms with Gasteiger partial charge in [-0.2, -0.15) is 5.26 Å². The van der Waals surface area contributed by atoms with Gasteiger partial charge in [-0.05, 0) is 57.0 Å². The summed E-state index contributed by atoms with van der Waals surface area (Å²) in [5.41, 5.74) is 1.73. The van der Waals surface area contributed by atoms with E-state index >= 15 is 0 Å². The lowest BCUT2D eigenvalue weighted by atomic mass is 9.82. The van der Waals surface area contributed by atoms with E-state index in [9.17, 15) is 0 Å². The molecule has 1 aliphatic rings. The number of hydrogen-bond donors (Lipinski definition) is 1. The van der Waals surface area contributed by atoms with Gasteiger partial charge in [0.1, 0.15) is 11.8 Å². The quantitative estimate of drug-likeness (QED) is 0.862. The van der Waals surface area contributed by atoms with Crippen LogP contribution in [0.25, 0.3) is 0 Å². The van der Waals surface area contributed by atoms with Crippen molar-refractivity contribution in [3.8, 4) is 11.8 Å². The Labute approximate surface area is 102 Å². The Kier molecular flexibility index (Phi) is 3.65. The molecule has 0 amide bonds. The number of nitrogens with one attached hydrogen (secondary N) is 1. The second-order valence-electron chi connectivity index (χ2n) is 4.75. The molecule has 0 aliphatic heterocycles. The number of hydrogen-bond acceptors (Lipinski definition) is 3. The second-order valence-corrected chi connectivity index (χ2v) is 4.75. The molecule has 1 saturated carbocycles. The molecular formula is C14H18N2O. The molecule has 1 aromatic carbocycles. The summed E-state index contributed by atoms with van der Waals surface area (Å²) < 4.78 is 5.85. The number of aryl methyl sites for hydroxylation is 1. The summed E-state index contributed by atoms with van der Waals surface area (Å²) in [6, 6.07) is 7.95. The number of nitrogens with zero attached hydrogens (tertiary/aromatic N) is 1. The summed E-state index contributed by atoms with van der Waals surface area (Å²) in [4.78, 5) is 0. The Morgan fingerprint density at radius 1 is 1.47 bits per heavy atom. The molecule has 90 valence electrons. The maximum absolute atomic E-state index is 9.04. The first-order valence-electron chi connectivity index (χ1n) is 6.05. The predicted molar refractivity (Wildman–Crippen MR) is 67.0 cm³/mol. The van der Waals surface area contributed by atoms with Gasteiger partial charge in [-0.15, -0.1) is 0 Å². The van der Waals surface area contributed by atoms with E-state index in [4.69, 9.17) is 10.00 Å². The van der Waals surface area contributed by atoms with Gasteiger partial charge >= 0.3 is 0 Å². The molecule has 0 saturated heterocycles. The summed E-state index contributed by atoms with van der Waals surface area (Å²) in [5.74, 6) is 1.45. The van der Waals surface area contributed by atoms with Gasteiger partial charge in [0, 0.05) is 0 Å². The van der Waals surface area contributed by atoms with E-state index in [1.165, 1.54) is 0 Å². The van der Waals surface area contributed by atoms with Gasteiger partial charge in [-0.25, -0.2) is 0 Å². The van der Waals surface area contributed by atoms with E-state index in [2.05, 4.69) is 11.4 Å². The Morgan fingerprint density at radius 3 is 2.88 bits per heavy atom. The van der Waals surface area contributed by atoms with Crippen molar-refractivity contribution >= 4 is 0 Å². The summed E-state index contributed by atoms with van der Waals surface area (Å²) in [6.07, 6.45) is 2.45. The standard InChI is InChI=1S/C14H18N2O/c1-10-3-4-14(12(5-10)8-15)17-13-6-11(7-13)9-16-2/h3-5,11,13,16H,6-7,9H2,1-2H3. The van der Waals surface area contributed by atoms with Crippen LogP contribution < -0.4 is 10.1 Å². The van der Waals surface area contributed by atoms with Crippen molar-refractivity contribution in [1.29, 1.82) is 5.26 Å². The number of rotatable bonds is 4. The fourth-order valence-corrected chi connectivity index (χ4v) is 2.24. The first-order chi connectivity index (χ1) is 8.22. The van der Waals surface area contributed by atoms with Crippen LogP contribution in [-0.4, -0.2) is 19.7 Å². The molecule has 0 radical (unpaired) electrons. The number of nitriles is 1. The number of ether oxygens (including phenoxy) is 1. The zero-order chi connectivity index (χ0) is 12.3. The first kappa shape index (κ1) is 11.9. The smallest absolute Gasteiger partial charge is 0.137 e. The maximum Gasteiger partial charge on any atom is 0.137 e. The molecule has 1 fully saturated rings. The fraction of sp³-hybridized carbons (Fsp3) is 0.500. The molecule has 0 bridgehead atoms. The minimum absolute atomic E-state index is 0.281. The average molecular weight is 230 g/mol. The zero-order valence-electron chi connectivity index (χ0n) is 10.4. The zero-order valence-corrected chi connectivity index (χ0v) is 10.4. The molecule has 3 heteroatoms. The Balaban J connectivity index is 1.95. The van der Waals surface area contributed by atoms with Gasteiger partial charge in [0.25, 0.3) is 0 Å². The highest BCUT2D eigenvalue weighted by Crippen LogP contribution is 2.32. The lowest BCUT2D eigenvalue weighted by Crippen LogP contribution is -2.38. The largest absolute Gasteiger partial charge is 0.489 e. The molecule has 3 nitrogen and oxygen atoms in total. The van der Waals surface area contributed by atoms with Gasteiger partial charge in [0.15, 0.2) is 0 Å². The Morgan fingerprint density at radius 2 is 2.24 bits per heavy atom. The molecule has 1 N–H and O–H groups in total. The molecule has 17 heavy (non-hydrogen) atoms. The SMILES string of the molecule is CNCC1CC(Oc2ccc(C)cc2C#N)C1. The van der Waals surface area contributed by atoms with Gasteiger partial charge in [0.05, 0.1) is 11.7 Å². The van der Waals surface area contributed by atoms with Crippen molar-refractivity contribution in [3.63, 3.8) is 0 Å². The van der Waals surface area contributed by atoms with E-state index in [1.807, 2.05) is 32.2 Å². The van der Waals surface area contributed by atoms with Crippen LogP contribution in [0.4, 0.5) is 0 Å². The van der Waals surface area contributed by atoms with Crippen LogP contribution >= 0.6 is 0 Å².